The highest BCUT2D eigenvalue weighted by Crippen LogP contribution is 2.32. The lowest BCUT2D eigenvalue weighted by Crippen LogP contribution is -2.09. The van der Waals surface area contributed by atoms with Gasteiger partial charge in [-0.25, -0.2) is 4.98 Å². The molecular weight excluding hydrogens is 281 g/mol. The van der Waals surface area contributed by atoms with E-state index < -0.39 is 11.9 Å². The average Bonchev–Trinajstić information content (AvgIpc) is 2.43. The number of aromatic nitrogens is 1. The zero-order valence-electron chi connectivity index (χ0n) is 11.3. The Kier molecular flexibility index (Phi) is 3.85. The van der Waals surface area contributed by atoms with Gasteiger partial charge < -0.3 is 4.74 Å². The van der Waals surface area contributed by atoms with Crippen LogP contribution in [0.2, 0.25) is 0 Å². The Bertz CT molecular complexity index is 718. The van der Waals surface area contributed by atoms with Crippen molar-refractivity contribution < 1.29 is 17.9 Å². The molecule has 0 unspecified atom stereocenters. The number of hydrogen-bond donors (Lipinski definition) is 0. The van der Waals surface area contributed by atoms with E-state index in [1.165, 1.54) is 0 Å². The average molecular weight is 292 g/mol. The van der Waals surface area contributed by atoms with Crippen LogP contribution in [0.3, 0.4) is 0 Å². The van der Waals surface area contributed by atoms with Gasteiger partial charge in [0.1, 0.15) is 23.1 Å². The van der Waals surface area contributed by atoms with Crippen LogP contribution < -0.4 is 4.74 Å². The summed E-state index contributed by atoms with van der Waals surface area (Å²) in [5.74, 6) is 0.0272. The molecule has 0 aliphatic carbocycles. The van der Waals surface area contributed by atoms with E-state index in [0.717, 1.165) is 23.3 Å². The molecule has 1 heterocycles. The van der Waals surface area contributed by atoms with Gasteiger partial charge >= 0.3 is 6.18 Å². The predicted molar refractivity (Wildman–Crippen MR) is 69.9 cm³/mol. The molecule has 1 aromatic heterocycles. The fourth-order valence-corrected chi connectivity index (χ4v) is 1.70. The number of halogens is 3. The van der Waals surface area contributed by atoms with Gasteiger partial charge in [0, 0.05) is 0 Å². The number of ether oxygens (including phenoxy) is 1. The quantitative estimate of drug-likeness (QED) is 0.825. The van der Waals surface area contributed by atoms with Gasteiger partial charge in [-0.2, -0.15) is 18.4 Å². The number of rotatable bonds is 2. The van der Waals surface area contributed by atoms with E-state index in [0.29, 0.717) is 5.75 Å². The minimum Gasteiger partial charge on any atom is -0.437 e. The molecule has 0 saturated carbocycles. The standard InChI is InChI=1S/C15H11F3N2O/c1-9-4-3-5-12(10(9)2)21-14-11(8-19)6-7-13(20-14)15(16,17)18/h3-7H,1-2H3. The molecule has 2 rings (SSSR count). The first-order valence-electron chi connectivity index (χ1n) is 6.05. The van der Waals surface area contributed by atoms with E-state index in [2.05, 4.69) is 4.98 Å². The molecule has 0 atom stereocenters. The second kappa shape index (κ2) is 5.44. The fraction of sp³-hybridized carbons (Fsp3) is 0.200. The highest BCUT2D eigenvalue weighted by molar-refractivity contribution is 5.45. The van der Waals surface area contributed by atoms with Crippen molar-refractivity contribution in [1.82, 2.24) is 4.98 Å². The van der Waals surface area contributed by atoms with Crippen molar-refractivity contribution in [3.05, 3.63) is 52.7 Å². The monoisotopic (exact) mass is 292 g/mol. The number of nitriles is 1. The molecule has 108 valence electrons. The predicted octanol–water partition coefficient (Wildman–Crippen LogP) is 4.38. The van der Waals surface area contributed by atoms with E-state index in [9.17, 15) is 13.2 Å². The van der Waals surface area contributed by atoms with E-state index in [-0.39, 0.29) is 11.4 Å². The molecule has 0 spiro atoms. The van der Waals surface area contributed by atoms with Crippen LogP contribution in [0.4, 0.5) is 13.2 Å². The highest BCUT2D eigenvalue weighted by Gasteiger charge is 2.33. The number of nitrogens with zero attached hydrogens (tertiary/aromatic N) is 2. The molecule has 3 nitrogen and oxygen atoms in total. The summed E-state index contributed by atoms with van der Waals surface area (Å²) in [6, 6.07) is 8.77. The Labute approximate surface area is 119 Å². The number of benzene rings is 1. The van der Waals surface area contributed by atoms with Crippen LogP contribution in [0.25, 0.3) is 0 Å². The van der Waals surface area contributed by atoms with Gasteiger partial charge in [0.25, 0.3) is 0 Å². The second-order valence-electron chi connectivity index (χ2n) is 4.46. The number of pyridine rings is 1. The minimum atomic E-state index is -4.59. The Morgan fingerprint density at radius 1 is 1.14 bits per heavy atom. The molecule has 2 aromatic rings. The third kappa shape index (κ3) is 3.14. The molecular formula is C15H11F3N2O. The maximum Gasteiger partial charge on any atom is 0.433 e. The van der Waals surface area contributed by atoms with Crippen molar-refractivity contribution in [3.8, 4) is 17.7 Å². The van der Waals surface area contributed by atoms with Crippen LogP contribution in [0.5, 0.6) is 11.6 Å². The van der Waals surface area contributed by atoms with E-state index in [1.807, 2.05) is 13.0 Å². The van der Waals surface area contributed by atoms with Crippen LogP contribution >= 0.6 is 0 Å². The number of hydrogen-bond acceptors (Lipinski definition) is 3. The first kappa shape index (κ1) is 14.9. The molecule has 0 fully saturated rings. The van der Waals surface area contributed by atoms with Crippen LogP contribution in [0, 0.1) is 25.2 Å². The third-order valence-electron chi connectivity index (χ3n) is 3.03. The van der Waals surface area contributed by atoms with Gasteiger partial charge in [-0.3, -0.25) is 0 Å². The van der Waals surface area contributed by atoms with Gasteiger partial charge in [-0.1, -0.05) is 12.1 Å². The van der Waals surface area contributed by atoms with Crippen molar-refractivity contribution in [3.63, 3.8) is 0 Å². The van der Waals surface area contributed by atoms with Crippen molar-refractivity contribution in [2.45, 2.75) is 20.0 Å². The Morgan fingerprint density at radius 3 is 2.48 bits per heavy atom. The van der Waals surface area contributed by atoms with Gasteiger partial charge in [-0.15, -0.1) is 0 Å². The normalized spacial score (nSPS) is 11.0. The first-order chi connectivity index (χ1) is 9.82. The van der Waals surface area contributed by atoms with Crippen LogP contribution in [-0.4, -0.2) is 4.98 Å². The largest absolute Gasteiger partial charge is 0.437 e. The van der Waals surface area contributed by atoms with E-state index in [1.54, 1.807) is 25.1 Å². The van der Waals surface area contributed by atoms with Crippen LogP contribution in [0.15, 0.2) is 30.3 Å². The summed E-state index contributed by atoms with van der Waals surface area (Å²) in [4.78, 5) is 3.41. The lowest BCUT2D eigenvalue weighted by Gasteiger charge is -2.12. The van der Waals surface area contributed by atoms with Gasteiger partial charge in [0.05, 0.1) is 0 Å². The van der Waals surface area contributed by atoms with Crippen molar-refractivity contribution in [2.24, 2.45) is 0 Å². The summed E-state index contributed by atoms with van der Waals surface area (Å²) in [6.45, 7) is 3.64. The maximum atomic E-state index is 12.7. The van der Waals surface area contributed by atoms with E-state index in [4.69, 9.17) is 10.00 Å². The minimum absolute atomic E-state index is 0.0519. The smallest absolute Gasteiger partial charge is 0.433 e. The molecule has 0 N–H and O–H groups in total. The Morgan fingerprint density at radius 2 is 1.86 bits per heavy atom. The topological polar surface area (TPSA) is 45.9 Å². The Balaban J connectivity index is 2.48. The van der Waals surface area contributed by atoms with Gasteiger partial charge in [0.15, 0.2) is 0 Å². The summed E-state index contributed by atoms with van der Waals surface area (Å²) in [7, 11) is 0. The van der Waals surface area contributed by atoms with Crippen molar-refractivity contribution >= 4 is 0 Å². The summed E-state index contributed by atoms with van der Waals surface area (Å²) in [5, 5.41) is 8.96. The molecule has 0 radical (unpaired) electrons. The zero-order chi connectivity index (χ0) is 15.6. The Hall–Kier alpha value is -2.55. The van der Waals surface area contributed by atoms with Gasteiger partial charge in [0.2, 0.25) is 5.88 Å². The summed E-state index contributed by atoms with van der Waals surface area (Å²) in [6.07, 6.45) is -4.59. The highest BCUT2D eigenvalue weighted by atomic mass is 19.4. The maximum absolute atomic E-state index is 12.7. The zero-order valence-corrected chi connectivity index (χ0v) is 11.3. The van der Waals surface area contributed by atoms with Crippen molar-refractivity contribution in [1.29, 1.82) is 5.26 Å². The lowest BCUT2D eigenvalue weighted by molar-refractivity contribution is -0.141. The molecule has 0 bridgehead atoms. The molecule has 0 saturated heterocycles. The van der Waals surface area contributed by atoms with Crippen LogP contribution in [0.1, 0.15) is 22.4 Å². The van der Waals surface area contributed by atoms with Gasteiger partial charge in [-0.05, 0) is 43.2 Å². The molecule has 0 amide bonds. The number of aryl methyl sites for hydroxylation is 1. The van der Waals surface area contributed by atoms with Crippen LogP contribution in [-0.2, 0) is 6.18 Å². The number of alkyl halides is 3. The summed E-state index contributed by atoms with van der Waals surface area (Å²) in [5.41, 5.74) is 0.560. The lowest BCUT2D eigenvalue weighted by atomic mass is 10.1. The SMILES string of the molecule is Cc1cccc(Oc2nc(C(F)(F)F)ccc2C#N)c1C. The van der Waals surface area contributed by atoms with E-state index >= 15 is 0 Å². The summed E-state index contributed by atoms with van der Waals surface area (Å²) < 4.78 is 43.5. The second-order valence-corrected chi connectivity index (χ2v) is 4.46. The summed E-state index contributed by atoms with van der Waals surface area (Å²) >= 11 is 0. The molecule has 0 aliphatic heterocycles. The molecule has 21 heavy (non-hydrogen) atoms. The first-order valence-corrected chi connectivity index (χ1v) is 6.05. The molecule has 1 aromatic carbocycles. The third-order valence-corrected chi connectivity index (χ3v) is 3.03. The molecule has 0 aliphatic rings. The van der Waals surface area contributed by atoms with Crippen molar-refractivity contribution in [2.75, 3.05) is 0 Å². The molecule has 6 heteroatoms. The fourth-order valence-electron chi connectivity index (χ4n) is 1.70.